The number of benzene rings is 2. The van der Waals surface area contributed by atoms with Crippen molar-refractivity contribution < 1.29 is 14.0 Å². The SMILES string of the molecule is Cc1ccc(CC(=O)N2CC[C@]3(C[C@H]3C(=O)Nc3cccc(F)c3)C2)cc1. The first-order chi connectivity index (χ1) is 12.9. The lowest BCUT2D eigenvalue weighted by molar-refractivity contribution is -0.129. The Labute approximate surface area is 158 Å². The van der Waals surface area contributed by atoms with Gasteiger partial charge in [0.2, 0.25) is 11.8 Å². The molecule has 2 amide bonds. The van der Waals surface area contributed by atoms with Gasteiger partial charge in [0.1, 0.15) is 5.82 Å². The monoisotopic (exact) mass is 366 g/mol. The van der Waals surface area contributed by atoms with Crippen LogP contribution in [0.15, 0.2) is 48.5 Å². The van der Waals surface area contributed by atoms with Gasteiger partial charge in [-0.1, -0.05) is 35.9 Å². The number of carbonyl (C=O) groups is 2. The van der Waals surface area contributed by atoms with Gasteiger partial charge in [0.15, 0.2) is 0 Å². The Balaban J connectivity index is 1.33. The molecule has 0 unspecified atom stereocenters. The van der Waals surface area contributed by atoms with Crippen molar-refractivity contribution in [1.29, 1.82) is 0 Å². The van der Waals surface area contributed by atoms with E-state index in [9.17, 15) is 14.0 Å². The summed E-state index contributed by atoms with van der Waals surface area (Å²) in [6.07, 6.45) is 2.05. The van der Waals surface area contributed by atoms with Crippen molar-refractivity contribution in [3.63, 3.8) is 0 Å². The molecule has 1 heterocycles. The van der Waals surface area contributed by atoms with E-state index < -0.39 is 0 Å². The molecule has 2 aliphatic rings. The van der Waals surface area contributed by atoms with E-state index in [1.165, 1.54) is 17.7 Å². The molecule has 1 saturated heterocycles. The lowest BCUT2D eigenvalue weighted by atomic mass is 10.0. The summed E-state index contributed by atoms with van der Waals surface area (Å²) in [5, 5.41) is 2.80. The molecule has 1 aliphatic carbocycles. The fourth-order valence-electron chi connectivity index (χ4n) is 4.07. The largest absolute Gasteiger partial charge is 0.342 e. The molecule has 4 nitrogen and oxygen atoms in total. The standard InChI is InChI=1S/C22H23FN2O2/c1-15-5-7-16(8-6-15)11-20(26)25-10-9-22(14-25)13-19(22)21(27)24-18-4-2-3-17(23)12-18/h2-8,12,19H,9-11,13-14H2,1H3,(H,24,27)/t19-,22-/m0/s1. The fraction of sp³-hybridized carbons (Fsp3) is 0.364. The van der Waals surface area contributed by atoms with Crippen molar-refractivity contribution in [3.8, 4) is 0 Å². The van der Waals surface area contributed by atoms with Gasteiger partial charge in [-0.3, -0.25) is 9.59 Å². The molecule has 2 aromatic rings. The fourth-order valence-corrected chi connectivity index (χ4v) is 4.07. The van der Waals surface area contributed by atoms with E-state index in [0.29, 0.717) is 25.2 Å². The van der Waals surface area contributed by atoms with Crippen molar-refractivity contribution >= 4 is 17.5 Å². The number of halogens is 1. The molecule has 5 heteroatoms. The number of amides is 2. The van der Waals surface area contributed by atoms with Crippen molar-refractivity contribution in [2.45, 2.75) is 26.2 Å². The summed E-state index contributed by atoms with van der Waals surface area (Å²) >= 11 is 0. The molecule has 1 N–H and O–H groups in total. The van der Waals surface area contributed by atoms with Gasteiger partial charge in [0, 0.05) is 30.1 Å². The van der Waals surface area contributed by atoms with Crippen molar-refractivity contribution in [3.05, 3.63) is 65.5 Å². The second-order valence-electron chi connectivity index (χ2n) is 7.85. The zero-order valence-corrected chi connectivity index (χ0v) is 15.4. The molecule has 0 bridgehead atoms. The average molecular weight is 366 g/mol. The molecule has 2 aromatic carbocycles. The molecule has 2 fully saturated rings. The topological polar surface area (TPSA) is 49.4 Å². The predicted octanol–water partition coefficient (Wildman–Crippen LogP) is 3.55. The van der Waals surface area contributed by atoms with Gasteiger partial charge in [-0.25, -0.2) is 4.39 Å². The molecule has 0 radical (unpaired) electrons. The van der Waals surface area contributed by atoms with E-state index in [1.54, 1.807) is 12.1 Å². The van der Waals surface area contributed by atoms with Crippen molar-refractivity contribution in [2.75, 3.05) is 18.4 Å². The van der Waals surface area contributed by atoms with Gasteiger partial charge >= 0.3 is 0 Å². The van der Waals surface area contributed by atoms with Gasteiger partial charge in [0.25, 0.3) is 0 Å². The first-order valence-electron chi connectivity index (χ1n) is 9.35. The maximum absolute atomic E-state index is 13.3. The predicted molar refractivity (Wildman–Crippen MR) is 102 cm³/mol. The van der Waals surface area contributed by atoms with Crippen molar-refractivity contribution in [1.82, 2.24) is 4.90 Å². The Morgan fingerprint density at radius 3 is 2.74 bits per heavy atom. The number of aryl methyl sites for hydroxylation is 1. The number of likely N-dealkylation sites (tertiary alicyclic amines) is 1. The van der Waals surface area contributed by atoms with Gasteiger partial charge in [-0.05, 0) is 43.5 Å². The Morgan fingerprint density at radius 1 is 1.22 bits per heavy atom. The third kappa shape index (κ3) is 3.72. The van der Waals surface area contributed by atoms with Gasteiger partial charge in [0.05, 0.1) is 6.42 Å². The zero-order chi connectivity index (χ0) is 19.0. The quantitative estimate of drug-likeness (QED) is 0.900. The number of hydrogen-bond acceptors (Lipinski definition) is 2. The maximum atomic E-state index is 13.3. The minimum Gasteiger partial charge on any atom is -0.342 e. The minimum atomic E-state index is -0.368. The summed E-state index contributed by atoms with van der Waals surface area (Å²) in [5.41, 5.74) is 2.58. The van der Waals surface area contributed by atoms with E-state index in [4.69, 9.17) is 0 Å². The van der Waals surface area contributed by atoms with Crippen LogP contribution in [0.2, 0.25) is 0 Å². The van der Waals surface area contributed by atoms with E-state index in [0.717, 1.165) is 18.4 Å². The van der Waals surface area contributed by atoms with Crippen LogP contribution in [0.4, 0.5) is 10.1 Å². The van der Waals surface area contributed by atoms with Gasteiger partial charge in [-0.2, -0.15) is 0 Å². The second kappa shape index (κ2) is 6.80. The van der Waals surface area contributed by atoms with Crippen LogP contribution in [0.25, 0.3) is 0 Å². The molecular weight excluding hydrogens is 343 g/mol. The third-order valence-electron chi connectivity index (χ3n) is 5.81. The van der Waals surface area contributed by atoms with Gasteiger partial charge < -0.3 is 10.2 Å². The number of rotatable bonds is 4. The summed E-state index contributed by atoms with van der Waals surface area (Å²) in [4.78, 5) is 27.0. The summed E-state index contributed by atoms with van der Waals surface area (Å²) in [5.74, 6) is -0.426. The highest BCUT2D eigenvalue weighted by molar-refractivity contribution is 5.95. The second-order valence-corrected chi connectivity index (χ2v) is 7.85. The normalized spacial score (nSPS) is 23.5. The Morgan fingerprint density at radius 2 is 2.00 bits per heavy atom. The summed E-state index contributed by atoms with van der Waals surface area (Å²) in [6.45, 7) is 3.37. The number of nitrogens with one attached hydrogen (secondary N) is 1. The highest BCUT2D eigenvalue weighted by Crippen LogP contribution is 2.58. The molecule has 1 saturated carbocycles. The van der Waals surface area contributed by atoms with Crippen LogP contribution < -0.4 is 5.32 Å². The number of carbonyl (C=O) groups excluding carboxylic acids is 2. The molecule has 140 valence electrons. The molecular formula is C22H23FN2O2. The average Bonchev–Trinajstić information content (AvgIpc) is 3.17. The third-order valence-corrected chi connectivity index (χ3v) is 5.81. The highest BCUT2D eigenvalue weighted by Gasteiger charge is 2.61. The first-order valence-corrected chi connectivity index (χ1v) is 9.35. The molecule has 0 aromatic heterocycles. The van der Waals surface area contributed by atoms with Crippen LogP contribution >= 0.6 is 0 Å². The number of anilines is 1. The molecule has 27 heavy (non-hydrogen) atoms. The van der Waals surface area contributed by atoms with E-state index in [1.807, 2.05) is 36.1 Å². The summed E-state index contributed by atoms with van der Waals surface area (Å²) in [7, 11) is 0. The number of nitrogens with zero attached hydrogens (tertiary/aromatic N) is 1. The van der Waals surface area contributed by atoms with Crippen molar-refractivity contribution in [2.24, 2.45) is 11.3 Å². The molecule has 2 atom stereocenters. The maximum Gasteiger partial charge on any atom is 0.228 e. The zero-order valence-electron chi connectivity index (χ0n) is 15.4. The van der Waals surface area contributed by atoms with Gasteiger partial charge in [-0.15, -0.1) is 0 Å². The highest BCUT2D eigenvalue weighted by atomic mass is 19.1. The van der Waals surface area contributed by atoms with Crippen LogP contribution in [-0.4, -0.2) is 29.8 Å². The molecule has 1 spiro atoms. The van der Waals surface area contributed by atoms with Crippen LogP contribution in [-0.2, 0) is 16.0 Å². The summed E-state index contributed by atoms with van der Waals surface area (Å²) in [6, 6.07) is 13.9. The van der Waals surface area contributed by atoms with E-state index in [-0.39, 0.29) is 29.0 Å². The minimum absolute atomic E-state index is 0.0755. The Kier molecular flexibility index (Phi) is 4.46. The lowest BCUT2D eigenvalue weighted by Gasteiger charge is -2.17. The molecule has 4 rings (SSSR count). The Bertz CT molecular complexity index is 880. The van der Waals surface area contributed by atoms with Crippen LogP contribution in [0, 0.1) is 24.1 Å². The first kappa shape index (κ1) is 17.7. The van der Waals surface area contributed by atoms with Crippen LogP contribution in [0.5, 0.6) is 0 Å². The Hall–Kier alpha value is -2.69. The van der Waals surface area contributed by atoms with Crippen LogP contribution in [0.3, 0.4) is 0 Å². The van der Waals surface area contributed by atoms with E-state index >= 15 is 0 Å². The van der Waals surface area contributed by atoms with E-state index in [2.05, 4.69) is 5.32 Å². The molecule has 1 aliphatic heterocycles. The smallest absolute Gasteiger partial charge is 0.228 e. The van der Waals surface area contributed by atoms with Crippen LogP contribution in [0.1, 0.15) is 24.0 Å². The lowest BCUT2D eigenvalue weighted by Crippen LogP contribution is -2.31. The number of hydrogen-bond donors (Lipinski definition) is 1. The summed E-state index contributed by atoms with van der Waals surface area (Å²) < 4.78 is 13.3.